The number of hydrogen-bond acceptors (Lipinski definition) is 4. The van der Waals surface area contributed by atoms with E-state index in [-0.39, 0.29) is 17.6 Å². The van der Waals surface area contributed by atoms with Crippen molar-refractivity contribution in [1.29, 1.82) is 0 Å². The van der Waals surface area contributed by atoms with E-state index in [1.54, 1.807) is 5.06 Å². The fraction of sp³-hybridized carbons (Fsp3) is 0.857. The Morgan fingerprint density at radius 3 is 2.67 bits per heavy atom. The number of rotatable bonds is 4. The van der Waals surface area contributed by atoms with Crippen LogP contribution in [0.15, 0.2) is 4.99 Å². The number of nitrogens with two attached hydrogens (primary N) is 1. The lowest BCUT2D eigenvalue weighted by Gasteiger charge is -2.36. The molecule has 1 spiro atoms. The van der Waals surface area contributed by atoms with Crippen molar-refractivity contribution in [3.05, 3.63) is 0 Å². The number of carbonyl (C=O) groups is 1. The summed E-state index contributed by atoms with van der Waals surface area (Å²) in [5.41, 5.74) is 6.01. The van der Waals surface area contributed by atoms with Crippen molar-refractivity contribution in [2.24, 2.45) is 16.6 Å². The summed E-state index contributed by atoms with van der Waals surface area (Å²) in [6.07, 6.45) is 4.00. The summed E-state index contributed by atoms with van der Waals surface area (Å²) in [6.45, 7) is 5.22. The maximum atomic E-state index is 11.3. The fourth-order valence-corrected chi connectivity index (χ4v) is 2.61. The first kappa shape index (κ1) is 15.9. The summed E-state index contributed by atoms with van der Waals surface area (Å²) in [4.78, 5) is 21.6. The molecule has 1 amide bonds. The number of hydrogen-bond donors (Lipinski definition) is 2. The number of guanidine groups is 1. The standard InChI is InChI=1S/C14H26N4O3/c1-10(2)11(17-13(19)20-3)9-16-12(15)18-8-7-14(21-18)5-4-6-14/h10-11H,4-9H2,1-3H3,(H2,15,16)(H,17,19). The van der Waals surface area contributed by atoms with Gasteiger partial charge in [0.25, 0.3) is 0 Å². The van der Waals surface area contributed by atoms with E-state index in [0.717, 1.165) is 25.8 Å². The van der Waals surface area contributed by atoms with Gasteiger partial charge in [0.1, 0.15) is 0 Å². The molecule has 1 atom stereocenters. The Labute approximate surface area is 125 Å². The van der Waals surface area contributed by atoms with Crippen molar-refractivity contribution in [2.75, 3.05) is 20.2 Å². The van der Waals surface area contributed by atoms with Crippen LogP contribution in [0.5, 0.6) is 0 Å². The third-order valence-electron chi connectivity index (χ3n) is 4.34. The number of aliphatic imine (C=N–C) groups is 1. The molecule has 0 aromatic rings. The molecule has 120 valence electrons. The predicted octanol–water partition coefficient (Wildman–Crippen LogP) is 1.24. The van der Waals surface area contributed by atoms with E-state index in [1.165, 1.54) is 13.5 Å². The number of methoxy groups -OCH3 is 1. The number of carbonyl (C=O) groups excluding carboxylic acids is 1. The first-order valence-corrected chi connectivity index (χ1v) is 7.57. The van der Waals surface area contributed by atoms with E-state index in [9.17, 15) is 4.79 Å². The number of nitrogens with zero attached hydrogens (tertiary/aromatic N) is 2. The summed E-state index contributed by atoms with van der Waals surface area (Å²) >= 11 is 0. The summed E-state index contributed by atoms with van der Waals surface area (Å²) in [5, 5.41) is 4.46. The van der Waals surface area contributed by atoms with Crippen LogP contribution in [0.3, 0.4) is 0 Å². The molecule has 1 unspecified atom stereocenters. The fourth-order valence-electron chi connectivity index (χ4n) is 2.61. The number of alkyl carbamates (subject to hydrolysis) is 1. The van der Waals surface area contributed by atoms with E-state index >= 15 is 0 Å². The van der Waals surface area contributed by atoms with Gasteiger partial charge in [-0.1, -0.05) is 13.8 Å². The van der Waals surface area contributed by atoms with Gasteiger partial charge in [-0.05, 0) is 31.6 Å². The SMILES string of the molecule is COC(=O)NC(CN=C(N)N1CCC2(CCC2)O1)C(C)C. The molecule has 7 heteroatoms. The van der Waals surface area contributed by atoms with Crippen molar-refractivity contribution in [3.63, 3.8) is 0 Å². The second-order valence-electron chi connectivity index (χ2n) is 6.17. The molecule has 21 heavy (non-hydrogen) atoms. The molecule has 0 aromatic carbocycles. The molecule has 0 aromatic heterocycles. The first-order chi connectivity index (χ1) is 9.96. The molecule has 1 saturated carbocycles. The van der Waals surface area contributed by atoms with Crippen molar-refractivity contribution >= 4 is 12.1 Å². The van der Waals surface area contributed by atoms with Crippen LogP contribution >= 0.6 is 0 Å². The quantitative estimate of drug-likeness (QED) is 0.602. The van der Waals surface area contributed by atoms with E-state index in [4.69, 9.17) is 10.6 Å². The molecule has 1 aliphatic heterocycles. The summed E-state index contributed by atoms with van der Waals surface area (Å²) in [7, 11) is 1.35. The Bertz CT molecular complexity index is 407. The van der Waals surface area contributed by atoms with Crippen molar-refractivity contribution in [3.8, 4) is 0 Å². The average molecular weight is 298 g/mol. The van der Waals surface area contributed by atoms with E-state index in [1.807, 2.05) is 13.8 Å². The van der Waals surface area contributed by atoms with Crippen molar-refractivity contribution in [2.45, 2.75) is 51.2 Å². The van der Waals surface area contributed by atoms with Crippen LogP contribution in [0.25, 0.3) is 0 Å². The zero-order valence-electron chi connectivity index (χ0n) is 13.1. The van der Waals surface area contributed by atoms with E-state index in [0.29, 0.717) is 12.5 Å². The highest BCUT2D eigenvalue weighted by Gasteiger charge is 2.45. The molecule has 0 radical (unpaired) electrons. The van der Waals surface area contributed by atoms with Crippen LogP contribution in [-0.4, -0.2) is 49.0 Å². The molecule has 7 nitrogen and oxygen atoms in total. The van der Waals surface area contributed by atoms with Crippen LogP contribution in [-0.2, 0) is 9.57 Å². The highest BCUT2D eigenvalue weighted by molar-refractivity contribution is 5.77. The molecule has 2 aliphatic rings. The molecule has 2 fully saturated rings. The lowest BCUT2D eigenvalue weighted by Crippen LogP contribution is -2.43. The van der Waals surface area contributed by atoms with Crippen LogP contribution in [0, 0.1) is 5.92 Å². The lowest BCUT2D eigenvalue weighted by molar-refractivity contribution is -0.181. The van der Waals surface area contributed by atoms with Gasteiger partial charge in [-0.3, -0.25) is 4.84 Å². The number of ether oxygens (including phenoxy) is 1. The van der Waals surface area contributed by atoms with E-state index < -0.39 is 6.09 Å². The minimum atomic E-state index is -0.451. The maximum Gasteiger partial charge on any atom is 0.407 e. The van der Waals surface area contributed by atoms with Gasteiger partial charge in [-0.25, -0.2) is 14.9 Å². The normalized spacial score (nSPS) is 22.3. The zero-order valence-corrected chi connectivity index (χ0v) is 13.1. The zero-order chi connectivity index (χ0) is 15.5. The first-order valence-electron chi connectivity index (χ1n) is 7.57. The van der Waals surface area contributed by atoms with Crippen LogP contribution < -0.4 is 11.1 Å². The third-order valence-corrected chi connectivity index (χ3v) is 4.34. The van der Waals surface area contributed by atoms with Gasteiger partial charge in [0.15, 0.2) is 0 Å². The smallest absolute Gasteiger partial charge is 0.407 e. The number of hydroxylamine groups is 2. The van der Waals surface area contributed by atoms with Gasteiger partial charge in [0.2, 0.25) is 5.96 Å². The minimum absolute atomic E-state index is 0.0157. The minimum Gasteiger partial charge on any atom is -0.453 e. The second kappa shape index (κ2) is 6.51. The number of amides is 1. The highest BCUT2D eigenvalue weighted by atomic mass is 16.7. The Morgan fingerprint density at radius 1 is 1.48 bits per heavy atom. The molecule has 0 bridgehead atoms. The van der Waals surface area contributed by atoms with Crippen LogP contribution in [0.2, 0.25) is 0 Å². The van der Waals surface area contributed by atoms with Gasteiger partial charge in [0, 0.05) is 0 Å². The Kier molecular flexibility index (Phi) is 4.92. The molecule has 2 rings (SSSR count). The maximum absolute atomic E-state index is 11.3. The molecule has 3 N–H and O–H groups in total. The Balaban J connectivity index is 1.87. The average Bonchev–Trinajstić information content (AvgIpc) is 2.88. The van der Waals surface area contributed by atoms with Crippen LogP contribution in [0.1, 0.15) is 39.5 Å². The van der Waals surface area contributed by atoms with Gasteiger partial charge in [-0.2, -0.15) is 0 Å². The topological polar surface area (TPSA) is 89.2 Å². The van der Waals surface area contributed by atoms with Gasteiger partial charge in [0.05, 0.1) is 31.8 Å². The molecule has 1 aliphatic carbocycles. The molecular formula is C14H26N4O3. The monoisotopic (exact) mass is 298 g/mol. The molecular weight excluding hydrogens is 272 g/mol. The molecule has 1 saturated heterocycles. The number of nitrogens with one attached hydrogen (secondary N) is 1. The summed E-state index contributed by atoms with van der Waals surface area (Å²) in [5.74, 6) is 0.620. The lowest BCUT2D eigenvalue weighted by atomic mass is 9.78. The summed E-state index contributed by atoms with van der Waals surface area (Å²) < 4.78 is 4.62. The van der Waals surface area contributed by atoms with Gasteiger partial charge in [-0.15, -0.1) is 0 Å². The molecule has 1 heterocycles. The van der Waals surface area contributed by atoms with E-state index in [2.05, 4.69) is 15.0 Å². The van der Waals surface area contributed by atoms with Crippen molar-refractivity contribution in [1.82, 2.24) is 10.4 Å². The summed E-state index contributed by atoms with van der Waals surface area (Å²) in [6, 6.07) is -0.115. The van der Waals surface area contributed by atoms with Crippen molar-refractivity contribution < 1.29 is 14.4 Å². The third kappa shape index (κ3) is 3.78. The predicted molar refractivity (Wildman–Crippen MR) is 79.6 cm³/mol. The Hall–Kier alpha value is -1.50. The van der Waals surface area contributed by atoms with Gasteiger partial charge >= 0.3 is 6.09 Å². The van der Waals surface area contributed by atoms with Gasteiger partial charge < -0.3 is 15.8 Å². The Morgan fingerprint density at radius 2 is 2.19 bits per heavy atom. The highest BCUT2D eigenvalue weighted by Crippen LogP contribution is 2.42. The van der Waals surface area contributed by atoms with Crippen LogP contribution in [0.4, 0.5) is 4.79 Å². The second-order valence-corrected chi connectivity index (χ2v) is 6.17. The largest absolute Gasteiger partial charge is 0.453 e.